The van der Waals surface area contributed by atoms with Crippen LogP contribution in [0.2, 0.25) is 0 Å². The maximum Gasteiger partial charge on any atom is 0.0594 e. The Balaban J connectivity index is 2.08. The topological polar surface area (TPSA) is 32.3 Å². The van der Waals surface area contributed by atoms with E-state index in [0.29, 0.717) is 12.0 Å². The lowest BCUT2D eigenvalue weighted by Gasteiger charge is -2.25. The quantitative estimate of drug-likeness (QED) is 0.669. The van der Waals surface area contributed by atoms with Crippen LogP contribution in [-0.2, 0) is 0 Å². The van der Waals surface area contributed by atoms with Gasteiger partial charge in [-0.2, -0.15) is 11.8 Å². The summed E-state index contributed by atoms with van der Waals surface area (Å²) in [6.45, 7) is 0. The summed E-state index contributed by atoms with van der Waals surface area (Å²) >= 11 is 2.05. The van der Waals surface area contributed by atoms with Gasteiger partial charge in [-0.25, -0.2) is 0 Å². The minimum atomic E-state index is -0.0556. The van der Waals surface area contributed by atoms with Crippen LogP contribution < -0.4 is 5.32 Å². The second kappa shape index (κ2) is 4.20. The van der Waals surface area contributed by atoms with E-state index in [4.69, 9.17) is 0 Å². The summed E-state index contributed by atoms with van der Waals surface area (Å²) in [5.41, 5.74) is 0. The Morgan fingerprint density at radius 2 is 2.08 bits per heavy atom. The van der Waals surface area contributed by atoms with E-state index in [1.54, 1.807) is 0 Å². The number of fused-ring (bicyclic) bond motifs is 1. The van der Waals surface area contributed by atoms with Gasteiger partial charge in [0.25, 0.3) is 0 Å². The molecule has 0 aromatic heterocycles. The van der Waals surface area contributed by atoms with Crippen molar-refractivity contribution in [3.63, 3.8) is 0 Å². The number of thioether (sulfide) groups is 1. The van der Waals surface area contributed by atoms with Crippen molar-refractivity contribution in [2.75, 3.05) is 12.8 Å². The first-order chi connectivity index (χ1) is 6.33. The highest BCUT2D eigenvalue weighted by molar-refractivity contribution is 8.00. The van der Waals surface area contributed by atoms with Crippen molar-refractivity contribution in [3.8, 4) is 0 Å². The molecule has 2 aliphatic rings. The molecule has 0 spiro atoms. The van der Waals surface area contributed by atoms with Gasteiger partial charge in [0.2, 0.25) is 0 Å². The smallest absolute Gasteiger partial charge is 0.0594 e. The standard InChI is InChI=1S/C10H19NOS/c1-11-7-6-13-9-5-3-2-4-8(12)10(7)9/h7-12H,2-6H2,1H3/t7-,8+,9+,10+/m1/s1. The number of aliphatic hydroxyl groups excluding tert-OH is 1. The Labute approximate surface area is 84.5 Å². The van der Waals surface area contributed by atoms with Gasteiger partial charge >= 0.3 is 0 Å². The highest BCUT2D eigenvalue weighted by Gasteiger charge is 2.40. The molecule has 0 aromatic carbocycles. The van der Waals surface area contributed by atoms with Crippen LogP contribution in [0, 0.1) is 5.92 Å². The van der Waals surface area contributed by atoms with Crippen molar-refractivity contribution in [1.82, 2.24) is 5.32 Å². The fourth-order valence-electron chi connectivity index (χ4n) is 2.67. The van der Waals surface area contributed by atoms with Crippen LogP contribution in [0.1, 0.15) is 25.7 Å². The van der Waals surface area contributed by atoms with Gasteiger partial charge in [-0.3, -0.25) is 0 Å². The Morgan fingerprint density at radius 3 is 2.85 bits per heavy atom. The van der Waals surface area contributed by atoms with E-state index in [-0.39, 0.29) is 6.10 Å². The number of nitrogens with one attached hydrogen (secondary N) is 1. The van der Waals surface area contributed by atoms with E-state index in [9.17, 15) is 5.11 Å². The van der Waals surface area contributed by atoms with Crippen LogP contribution in [0.25, 0.3) is 0 Å². The molecule has 1 heterocycles. The first kappa shape index (κ1) is 9.81. The molecule has 3 heteroatoms. The van der Waals surface area contributed by atoms with E-state index in [0.717, 1.165) is 11.7 Å². The van der Waals surface area contributed by atoms with Gasteiger partial charge in [0.1, 0.15) is 0 Å². The van der Waals surface area contributed by atoms with Crippen LogP contribution in [0.15, 0.2) is 0 Å². The van der Waals surface area contributed by atoms with Crippen LogP contribution in [0.4, 0.5) is 0 Å². The second-order valence-electron chi connectivity index (χ2n) is 4.20. The molecule has 0 unspecified atom stereocenters. The maximum absolute atomic E-state index is 10.0. The van der Waals surface area contributed by atoms with Gasteiger partial charge in [-0.1, -0.05) is 12.8 Å². The predicted octanol–water partition coefficient (Wildman–Crippen LogP) is 1.24. The van der Waals surface area contributed by atoms with E-state index in [1.807, 2.05) is 7.05 Å². The normalized spacial score (nSPS) is 45.7. The molecule has 1 aliphatic carbocycles. The Hall–Kier alpha value is 0.270. The monoisotopic (exact) mass is 201 g/mol. The van der Waals surface area contributed by atoms with E-state index in [1.165, 1.54) is 25.0 Å². The number of hydrogen-bond acceptors (Lipinski definition) is 3. The van der Waals surface area contributed by atoms with E-state index < -0.39 is 0 Å². The highest BCUT2D eigenvalue weighted by Crippen LogP contribution is 2.40. The molecule has 2 rings (SSSR count). The van der Waals surface area contributed by atoms with Crippen molar-refractivity contribution >= 4 is 11.8 Å². The molecular weight excluding hydrogens is 182 g/mol. The number of aliphatic hydroxyl groups is 1. The molecule has 0 bridgehead atoms. The molecular formula is C10H19NOS. The fourth-order valence-corrected chi connectivity index (χ4v) is 4.44. The van der Waals surface area contributed by atoms with Gasteiger partial charge in [0.05, 0.1) is 6.10 Å². The third-order valence-corrected chi connectivity index (χ3v) is 4.97. The summed E-state index contributed by atoms with van der Waals surface area (Å²) in [5, 5.41) is 14.1. The summed E-state index contributed by atoms with van der Waals surface area (Å²) < 4.78 is 0. The zero-order valence-corrected chi connectivity index (χ0v) is 9.02. The molecule has 4 atom stereocenters. The molecule has 2 nitrogen and oxygen atoms in total. The summed E-state index contributed by atoms with van der Waals surface area (Å²) in [6, 6.07) is 0.545. The van der Waals surface area contributed by atoms with Gasteiger partial charge in [-0.05, 0) is 19.9 Å². The Morgan fingerprint density at radius 1 is 1.31 bits per heavy atom. The molecule has 0 radical (unpaired) electrons. The maximum atomic E-state index is 10.0. The van der Waals surface area contributed by atoms with Crippen LogP contribution in [0.3, 0.4) is 0 Å². The second-order valence-corrected chi connectivity index (χ2v) is 5.47. The van der Waals surface area contributed by atoms with E-state index >= 15 is 0 Å². The molecule has 13 heavy (non-hydrogen) atoms. The SMILES string of the molecule is CN[C@@H]1CS[C@H]2CCCC[C@H](O)[C@@H]21. The number of rotatable bonds is 1. The summed E-state index contributed by atoms with van der Waals surface area (Å²) in [6.07, 6.45) is 4.79. The largest absolute Gasteiger partial charge is 0.393 e. The first-order valence-corrected chi connectivity index (χ1v) is 6.34. The third kappa shape index (κ3) is 1.88. The van der Waals surface area contributed by atoms with Gasteiger partial charge < -0.3 is 10.4 Å². The van der Waals surface area contributed by atoms with Gasteiger partial charge in [-0.15, -0.1) is 0 Å². The van der Waals surface area contributed by atoms with Crippen molar-refractivity contribution in [2.24, 2.45) is 5.92 Å². The van der Waals surface area contributed by atoms with Crippen molar-refractivity contribution in [1.29, 1.82) is 0 Å². The van der Waals surface area contributed by atoms with E-state index in [2.05, 4.69) is 17.1 Å². The van der Waals surface area contributed by atoms with Gasteiger partial charge in [0, 0.05) is 23.0 Å². The van der Waals surface area contributed by atoms with Crippen LogP contribution in [0.5, 0.6) is 0 Å². The van der Waals surface area contributed by atoms with Crippen molar-refractivity contribution < 1.29 is 5.11 Å². The fraction of sp³-hybridized carbons (Fsp3) is 1.00. The molecule has 2 fully saturated rings. The number of hydrogen-bond donors (Lipinski definition) is 2. The lowest BCUT2D eigenvalue weighted by Crippen LogP contribution is -2.41. The Kier molecular flexibility index (Phi) is 3.17. The average molecular weight is 201 g/mol. The average Bonchev–Trinajstić information content (AvgIpc) is 2.47. The highest BCUT2D eigenvalue weighted by atomic mass is 32.2. The molecule has 1 aliphatic heterocycles. The van der Waals surface area contributed by atoms with Crippen molar-refractivity contribution in [3.05, 3.63) is 0 Å². The minimum Gasteiger partial charge on any atom is -0.393 e. The summed E-state index contributed by atoms with van der Waals surface area (Å²) in [4.78, 5) is 0. The molecule has 1 saturated carbocycles. The third-order valence-electron chi connectivity index (χ3n) is 3.44. The summed E-state index contributed by atoms with van der Waals surface area (Å²) in [7, 11) is 2.02. The van der Waals surface area contributed by atoms with Gasteiger partial charge in [0.15, 0.2) is 0 Å². The molecule has 2 N–H and O–H groups in total. The molecule has 0 amide bonds. The zero-order chi connectivity index (χ0) is 9.26. The molecule has 76 valence electrons. The molecule has 0 aromatic rings. The first-order valence-electron chi connectivity index (χ1n) is 5.30. The Bertz CT molecular complexity index is 176. The van der Waals surface area contributed by atoms with Crippen LogP contribution in [-0.4, -0.2) is 35.3 Å². The lowest BCUT2D eigenvalue weighted by atomic mass is 9.90. The zero-order valence-electron chi connectivity index (χ0n) is 8.20. The van der Waals surface area contributed by atoms with Crippen LogP contribution >= 0.6 is 11.8 Å². The molecule has 1 saturated heterocycles. The summed E-state index contributed by atoms with van der Waals surface area (Å²) in [5.74, 6) is 1.69. The lowest BCUT2D eigenvalue weighted by molar-refractivity contribution is 0.0912. The predicted molar refractivity (Wildman–Crippen MR) is 57.1 cm³/mol. The minimum absolute atomic E-state index is 0.0556. The van der Waals surface area contributed by atoms with Crippen molar-refractivity contribution in [2.45, 2.75) is 43.1 Å².